The smallest absolute Gasteiger partial charge is 0.303 e. The second-order valence-electron chi connectivity index (χ2n) is 4.72. The third-order valence-electron chi connectivity index (χ3n) is 2.54. The average Bonchev–Trinajstić information content (AvgIpc) is 2.16. The Bertz CT molecular complexity index is 315. The zero-order valence-electron chi connectivity index (χ0n) is 9.36. The molecule has 0 radical (unpaired) electrons. The number of carbonyl (C=O) groups is 1. The number of hydrogen-bond acceptors (Lipinski definition) is 1. The Balaban J connectivity index is 2.52. The molecule has 0 spiro atoms. The lowest BCUT2D eigenvalue weighted by atomic mass is 9.82. The van der Waals surface area contributed by atoms with Gasteiger partial charge in [0.25, 0.3) is 0 Å². The van der Waals surface area contributed by atoms with E-state index >= 15 is 0 Å². The van der Waals surface area contributed by atoms with E-state index in [4.69, 9.17) is 5.11 Å². The maximum atomic E-state index is 10.5. The zero-order chi connectivity index (χ0) is 11.3. The highest BCUT2D eigenvalue weighted by Gasteiger charge is 2.19. The maximum Gasteiger partial charge on any atom is 0.303 e. The van der Waals surface area contributed by atoms with E-state index in [-0.39, 0.29) is 11.8 Å². The molecule has 0 bridgehead atoms. The summed E-state index contributed by atoms with van der Waals surface area (Å²) in [6, 6.07) is 10.2. The Labute approximate surface area is 90.9 Å². The number of carboxylic acid groups (broad SMARTS) is 1. The first-order chi connectivity index (χ1) is 6.99. The molecule has 1 aromatic rings. The van der Waals surface area contributed by atoms with Gasteiger partial charge in [-0.05, 0) is 23.8 Å². The van der Waals surface area contributed by atoms with Crippen LogP contribution < -0.4 is 0 Å². The van der Waals surface area contributed by atoms with Crippen molar-refractivity contribution in [1.82, 2.24) is 0 Å². The molecule has 0 amide bonds. The van der Waals surface area contributed by atoms with Crippen molar-refractivity contribution in [1.29, 1.82) is 0 Å². The summed E-state index contributed by atoms with van der Waals surface area (Å²) in [7, 11) is 0. The molecule has 0 unspecified atom stereocenters. The largest absolute Gasteiger partial charge is 0.481 e. The molecule has 0 heterocycles. The van der Waals surface area contributed by atoms with Crippen LogP contribution in [0.1, 0.15) is 32.3 Å². The summed E-state index contributed by atoms with van der Waals surface area (Å²) in [6.07, 6.45) is 1.90. The fourth-order valence-corrected chi connectivity index (χ4v) is 1.68. The van der Waals surface area contributed by atoms with Crippen LogP contribution in [-0.2, 0) is 11.2 Å². The molecule has 0 atom stereocenters. The number of benzene rings is 1. The second-order valence-corrected chi connectivity index (χ2v) is 4.72. The molecule has 0 aliphatic carbocycles. The van der Waals surface area contributed by atoms with E-state index in [1.807, 2.05) is 18.2 Å². The number of rotatable bonds is 5. The van der Waals surface area contributed by atoms with Crippen LogP contribution >= 0.6 is 0 Å². The molecule has 1 N–H and O–H groups in total. The van der Waals surface area contributed by atoms with Gasteiger partial charge < -0.3 is 5.11 Å². The van der Waals surface area contributed by atoms with Crippen LogP contribution in [0.3, 0.4) is 0 Å². The molecule has 0 fully saturated rings. The first-order valence-electron chi connectivity index (χ1n) is 5.25. The van der Waals surface area contributed by atoms with Crippen molar-refractivity contribution in [3.05, 3.63) is 35.9 Å². The van der Waals surface area contributed by atoms with Gasteiger partial charge in [-0.25, -0.2) is 0 Å². The normalized spacial score (nSPS) is 11.3. The van der Waals surface area contributed by atoms with E-state index in [9.17, 15) is 4.79 Å². The predicted octanol–water partition coefficient (Wildman–Crippen LogP) is 3.12. The Morgan fingerprint density at radius 3 is 2.40 bits per heavy atom. The summed E-state index contributed by atoms with van der Waals surface area (Å²) < 4.78 is 0. The SMILES string of the molecule is CC(C)(CCC(=O)O)Cc1ccccc1. The Morgan fingerprint density at radius 1 is 1.27 bits per heavy atom. The molecular weight excluding hydrogens is 188 g/mol. The van der Waals surface area contributed by atoms with Gasteiger partial charge in [0, 0.05) is 6.42 Å². The average molecular weight is 206 g/mol. The van der Waals surface area contributed by atoms with Crippen LogP contribution in [0, 0.1) is 5.41 Å². The molecule has 82 valence electrons. The number of hydrogen-bond donors (Lipinski definition) is 1. The van der Waals surface area contributed by atoms with Gasteiger partial charge >= 0.3 is 5.97 Å². The van der Waals surface area contributed by atoms with Crippen LogP contribution in [0.5, 0.6) is 0 Å². The van der Waals surface area contributed by atoms with Crippen molar-refractivity contribution in [3.8, 4) is 0 Å². The molecule has 0 saturated heterocycles. The molecule has 0 aliphatic heterocycles. The van der Waals surface area contributed by atoms with E-state index in [0.29, 0.717) is 0 Å². The molecule has 0 saturated carbocycles. The minimum atomic E-state index is -0.712. The fourth-order valence-electron chi connectivity index (χ4n) is 1.68. The minimum Gasteiger partial charge on any atom is -0.481 e. The molecule has 2 nitrogen and oxygen atoms in total. The van der Waals surface area contributed by atoms with Crippen molar-refractivity contribution in [2.24, 2.45) is 5.41 Å². The van der Waals surface area contributed by atoms with Crippen molar-refractivity contribution < 1.29 is 9.90 Å². The highest BCUT2D eigenvalue weighted by atomic mass is 16.4. The summed E-state index contributed by atoms with van der Waals surface area (Å²) in [5.74, 6) is -0.712. The van der Waals surface area contributed by atoms with Gasteiger partial charge in [-0.2, -0.15) is 0 Å². The summed E-state index contributed by atoms with van der Waals surface area (Å²) in [4.78, 5) is 10.5. The molecule has 1 rings (SSSR count). The van der Waals surface area contributed by atoms with Gasteiger partial charge in [-0.1, -0.05) is 44.2 Å². The summed E-state index contributed by atoms with van der Waals surface area (Å²) in [5.41, 5.74) is 1.33. The Kier molecular flexibility index (Phi) is 3.89. The van der Waals surface area contributed by atoms with E-state index < -0.39 is 5.97 Å². The van der Waals surface area contributed by atoms with Crippen LogP contribution in [0.2, 0.25) is 0 Å². The van der Waals surface area contributed by atoms with E-state index in [1.54, 1.807) is 0 Å². The van der Waals surface area contributed by atoms with Crippen molar-refractivity contribution in [2.75, 3.05) is 0 Å². The third kappa shape index (κ3) is 4.63. The van der Waals surface area contributed by atoms with Crippen LogP contribution in [0.4, 0.5) is 0 Å². The standard InChI is InChI=1S/C13H18O2/c1-13(2,9-8-12(14)15)10-11-6-4-3-5-7-11/h3-7H,8-10H2,1-2H3,(H,14,15). The lowest BCUT2D eigenvalue weighted by molar-refractivity contribution is -0.137. The minimum absolute atomic E-state index is 0.0553. The highest BCUT2D eigenvalue weighted by Crippen LogP contribution is 2.27. The van der Waals surface area contributed by atoms with E-state index in [0.717, 1.165) is 12.8 Å². The second kappa shape index (κ2) is 4.96. The van der Waals surface area contributed by atoms with Crippen molar-refractivity contribution >= 4 is 5.97 Å². The van der Waals surface area contributed by atoms with Crippen LogP contribution in [-0.4, -0.2) is 11.1 Å². The van der Waals surface area contributed by atoms with Gasteiger partial charge in [0.15, 0.2) is 0 Å². The zero-order valence-corrected chi connectivity index (χ0v) is 9.36. The van der Waals surface area contributed by atoms with Crippen LogP contribution in [0.15, 0.2) is 30.3 Å². The number of aliphatic carboxylic acids is 1. The highest BCUT2D eigenvalue weighted by molar-refractivity contribution is 5.66. The number of carboxylic acids is 1. The van der Waals surface area contributed by atoms with Crippen molar-refractivity contribution in [3.63, 3.8) is 0 Å². The lowest BCUT2D eigenvalue weighted by Gasteiger charge is -2.23. The first-order valence-corrected chi connectivity index (χ1v) is 5.25. The summed E-state index contributed by atoms with van der Waals surface area (Å²) in [5, 5.41) is 8.64. The maximum absolute atomic E-state index is 10.5. The quantitative estimate of drug-likeness (QED) is 0.803. The van der Waals surface area contributed by atoms with Gasteiger partial charge in [0.05, 0.1) is 0 Å². The predicted molar refractivity (Wildman–Crippen MR) is 60.8 cm³/mol. The lowest BCUT2D eigenvalue weighted by Crippen LogP contribution is -2.16. The molecule has 1 aromatic carbocycles. The Morgan fingerprint density at radius 2 is 1.87 bits per heavy atom. The molecule has 0 aromatic heterocycles. The molecule has 0 aliphatic rings. The molecule has 15 heavy (non-hydrogen) atoms. The van der Waals surface area contributed by atoms with Crippen molar-refractivity contribution in [2.45, 2.75) is 33.1 Å². The topological polar surface area (TPSA) is 37.3 Å². The third-order valence-corrected chi connectivity index (χ3v) is 2.54. The van der Waals surface area contributed by atoms with Gasteiger partial charge in [-0.3, -0.25) is 4.79 Å². The fraction of sp³-hybridized carbons (Fsp3) is 0.462. The van der Waals surface area contributed by atoms with E-state index in [2.05, 4.69) is 26.0 Å². The monoisotopic (exact) mass is 206 g/mol. The first kappa shape index (κ1) is 11.8. The van der Waals surface area contributed by atoms with E-state index in [1.165, 1.54) is 5.56 Å². The molecule has 2 heteroatoms. The van der Waals surface area contributed by atoms with Gasteiger partial charge in [-0.15, -0.1) is 0 Å². The Hall–Kier alpha value is -1.31. The summed E-state index contributed by atoms with van der Waals surface area (Å²) in [6.45, 7) is 4.23. The van der Waals surface area contributed by atoms with Gasteiger partial charge in [0.2, 0.25) is 0 Å². The van der Waals surface area contributed by atoms with Gasteiger partial charge in [0.1, 0.15) is 0 Å². The van der Waals surface area contributed by atoms with Crippen LogP contribution in [0.25, 0.3) is 0 Å². The molecular formula is C13H18O2. The summed E-state index contributed by atoms with van der Waals surface area (Å²) >= 11 is 0.